The maximum Gasteiger partial charge on any atom is 0.411 e. The molecule has 0 saturated heterocycles. The van der Waals surface area contributed by atoms with Crippen molar-refractivity contribution < 1.29 is 22.7 Å². The zero-order chi connectivity index (χ0) is 15.5. The third-order valence-electron chi connectivity index (χ3n) is 2.39. The SMILES string of the molecule is O=C(NCCOCC(F)(F)F)c1cnc2sccn2c1=O. The first-order valence-electron chi connectivity index (χ1n) is 5.76. The van der Waals surface area contributed by atoms with Gasteiger partial charge in [0.1, 0.15) is 12.2 Å². The Balaban J connectivity index is 1.91. The number of carbonyl (C=O) groups excluding carboxylic acids is 1. The van der Waals surface area contributed by atoms with E-state index >= 15 is 0 Å². The largest absolute Gasteiger partial charge is 0.411 e. The van der Waals surface area contributed by atoms with E-state index in [1.165, 1.54) is 21.9 Å². The number of hydrogen-bond donors (Lipinski definition) is 1. The van der Waals surface area contributed by atoms with Gasteiger partial charge in [-0.3, -0.25) is 14.0 Å². The molecule has 0 radical (unpaired) electrons. The third-order valence-corrected chi connectivity index (χ3v) is 3.16. The molecule has 0 aliphatic rings. The number of ether oxygens (including phenoxy) is 1. The first-order chi connectivity index (χ1) is 9.88. The highest BCUT2D eigenvalue weighted by Gasteiger charge is 2.27. The molecule has 1 N–H and O–H groups in total. The smallest absolute Gasteiger partial charge is 0.370 e. The van der Waals surface area contributed by atoms with Gasteiger partial charge in [-0.15, -0.1) is 11.3 Å². The van der Waals surface area contributed by atoms with Gasteiger partial charge in [-0.05, 0) is 0 Å². The molecule has 0 aliphatic heterocycles. The minimum Gasteiger partial charge on any atom is -0.370 e. The van der Waals surface area contributed by atoms with Crippen LogP contribution in [-0.4, -0.2) is 41.2 Å². The lowest BCUT2D eigenvalue weighted by atomic mass is 10.3. The van der Waals surface area contributed by atoms with E-state index in [-0.39, 0.29) is 18.7 Å². The van der Waals surface area contributed by atoms with Crippen molar-refractivity contribution in [2.75, 3.05) is 19.8 Å². The van der Waals surface area contributed by atoms with Crippen molar-refractivity contribution in [2.45, 2.75) is 6.18 Å². The van der Waals surface area contributed by atoms with Crippen LogP contribution in [0.15, 0.2) is 22.6 Å². The fourth-order valence-electron chi connectivity index (χ4n) is 1.50. The second-order valence-electron chi connectivity index (χ2n) is 3.96. The summed E-state index contributed by atoms with van der Waals surface area (Å²) in [5.41, 5.74) is -0.711. The van der Waals surface area contributed by atoms with Gasteiger partial charge in [-0.25, -0.2) is 4.98 Å². The molecule has 0 bridgehead atoms. The maximum atomic E-state index is 11.9. The number of fused-ring (bicyclic) bond motifs is 1. The Kier molecular flexibility index (Phi) is 4.58. The van der Waals surface area contributed by atoms with Gasteiger partial charge in [0.2, 0.25) is 0 Å². The summed E-state index contributed by atoms with van der Waals surface area (Å²) < 4.78 is 41.0. The van der Waals surface area contributed by atoms with E-state index in [1.807, 2.05) is 0 Å². The number of amides is 1. The minimum atomic E-state index is -4.41. The number of carbonyl (C=O) groups is 1. The maximum absolute atomic E-state index is 11.9. The van der Waals surface area contributed by atoms with Gasteiger partial charge in [-0.1, -0.05) is 0 Å². The number of nitrogens with zero attached hydrogens (tertiary/aromatic N) is 2. The average molecular weight is 321 g/mol. The van der Waals surface area contributed by atoms with Crippen LogP contribution in [0.2, 0.25) is 0 Å². The Bertz CT molecular complexity index is 695. The minimum absolute atomic E-state index is 0.138. The van der Waals surface area contributed by atoms with Crippen molar-refractivity contribution in [2.24, 2.45) is 0 Å². The number of alkyl halides is 3. The van der Waals surface area contributed by atoms with Gasteiger partial charge < -0.3 is 10.1 Å². The molecular formula is C11H10F3N3O3S. The molecule has 0 unspecified atom stereocenters. The van der Waals surface area contributed by atoms with Gasteiger partial charge in [0.05, 0.1) is 6.61 Å². The second kappa shape index (κ2) is 6.22. The Morgan fingerprint density at radius 1 is 1.48 bits per heavy atom. The molecule has 1 amide bonds. The summed E-state index contributed by atoms with van der Waals surface area (Å²) in [4.78, 5) is 28.1. The van der Waals surface area contributed by atoms with Crippen LogP contribution in [0, 0.1) is 0 Å². The zero-order valence-corrected chi connectivity index (χ0v) is 11.3. The zero-order valence-electron chi connectivity index (χ0n) is 10.5. The first-order valence-corrected chi connectivity index (χ1v) is 6.64. The molecular weight excluding hydrogens is 311 g/mol. The van der Waals surface area contributed by atoms with Crippen LogP contribution in [0.4, 0.5) is 13.2 Å². The number of halogens is 3. The lowest BCUT2D eigenvalue weighted by molar-refractivity contribution is -0.173. The molecule has 0 aliphatic carbocycles. The number of nitrogens with one attached hydrogen (secondary N) is 1. The second-order valence-corrected chi connectivity index (χ2v) is 4.83. The third kappa shape index (κ3) is 4.02. The number of thiazole rings is 1. The van der Waals surface area contributed by atoms with Crippen molar-refractivity contribution in [1.82, 2.24) is 14.7 Å². The first kappa shape index (κ1) is 15.4. The quantitative estimate of drug-likeness (QED) is 0.836. The fourth-order valence-corrected chi connectivity index (χ4v) is 2.18. The van der Waals surface area contributed by atoms with Crippen LogP contribution < -0.4 is 10.9 Å². The highest BCUT2D eigenvalue weighted by Crippen LogP contribution is 2.13. The Morgan fingerprint density at radius 2 is 2.24 bits per heavy atom. The van der Waals surface area contributed by atoms with Crippen LogP contribution >= 0.6 is 11.3 Å². The number of rotatable bonds is 5. The molecule has 10 heteroatoms. The van der Waals surface area contributed by atoms with Gasteiger partial charge in [0, 0.05) is 24.3 Å². The lowest BCUT2D eigenvalue weighted by Crippen LogP contribution is -2.33. The van der Waals surface area contributed by atoms with E-state index in [1.54, 1.807) is 5.38 Å². The van der Waals surface area contributed by atoms with Gasteiger partial charge in [-0.2, -0.15) is 13.2 Å². The fraction of sp³-hybridized carbons (Fsp3) is 0.364. The molecule has 2 heterocycles. The molecule has 0 atom stereocenters. The monoisotopic (exact) mass is 321 g/mol. The van der Waals surface area contributed by atoms with Crippen LogP contribution in [0.5, 0.6) is 0 Å². The highest BCUT2D eigenvalue weighted by molar-refractivity contribution is 7.15. The van der Waals surface area contributed by atoms with E-state index < -0.39 is 24.2 Å². The summed E-state index contributed by atoms with van der Waals surface area (Å²) in [6.45, 7) is -1.82. The summed E-state index contributed by atoms with van der Waals surface area (Å²) in [5.74, 6) is -0.705. The topological polar surface area (TPSA) is 72.7 Å². The van der Waals surface area contributed by atoms with Crippen LogP contribution in [0.3, 0.4) is 0 Å². The Hall–Kier alpha value is -1.94. The Morgan fingerprint density at radius 3 is 2.95 bits per heavy atom. The van der Waals surface area contributed by atoms with Gasteiger partial charge >= 0.3 is 6.18 Å². The van der Waals surface area contributed by atoms with E-state index in [9.17, 15) is 22.8 Å². The molecule has 2 rings (SSSR count). The van der Waals surface area contributed by atoms with Crippen molar-refractivity contribution in [3.63, 3.8) is 0 Å². The van der Waals surface area contributed by atoms with Crippen LogP contribution in [0.25, 0.3) is 4.96 Å². The summed E-state index contributed by atoms with van der Waals surface area (Å²) in [6, 6.07) is 0. The molecule has 21 heavy (non-hydrogen) atoms. The number of aromatic nitrogens is 2. The summed E-state index contributed by atoms with van der Waals surface area (Å²) in [5, 5.41) is 3.95. The van der Waals surface area contributed by atoms with Crippen LogP contribution in [-0.2, 0) is 4.74 Å². The molecule has 6 nitrogen and oxygen atoms in total. The normalized spacial score (nSPS) is 11.8. The summed E-state index contributed by atoms with van der Waals surface area (Å²) in [7, 11) is 0. The van der Waals surface area contributed by atoms with Gasteiger partial charge in [0.25, 0.3) is 11.5 Å². The average Bonchev–Trinajstić information content (AvgIpc) is 2.86. The standard InChI is InChI=1S/C11H10F3N3O3S/c12-11(13,14)6-20-3-1-15-8(18)7-5-16-10-17(9(7)19)2-4-21-10/h2,4-5H,1,3,6H2,(H,15,18). The van der Waals surface area contributed by atoms with E-state index in [0.717, 1.165) is 6.20 Å². The Labute approximate surface area is 120 Å². The summed E-state index contributed by atoms with van der Waals surface area (Å²) >= 11 is 1.24. The molecule has 0 spiro atoms. The summed E-state index contributed by atoms with van der Waals surface area (Å²) in [6.07, 6.45) is -1.78. The van der Waals surface area contributed by atoms with E-state index in [2.05, 4.69) is 15.0 Å². The van der Waals surface area contributed by atoms with E-state index in [0.29, 0.717) is 4.96 Å². The molecule has 2 aromatic rings. The predicted octanol–water partition coefficient (Wildman–Crippen LogP) is 1.06. The van der Waals surface area contributed by atoms with Crippen LogP contribution in [0.1, 0.15) is 10.4 Å². The molecule has 0 fully saturated rings. The van der Waals surface area contributed by atoms with Crippen molar-refractivity contribution >= 4 is 22.2 Å². The van der Waals surface area contributed by atoms with E-state index in [4.69, 9.17) is 0 Å². The number of hydrogen-bond acceptors (Lipinski definition) is 5. The predicted molar refractivity (Wildman–Crippen MR) is 68.5 cm³/mol. The lowest BCUT2D eigenvalue weighted by Gasteiger charge is -2.08. The van der Waals surface area contributed by atoms with Gasteiger partial charge in [0.15, 0.2) is 4.96 Å². The van der Waals surface area contributed by atoms with Crippen molar-refractivity contribution in [3.8, 4) is 0 Å². The molecule has 0 aromatic carbocycles. The van der Waals surface area contributed by atoms with Crippen molar-refractivity contribution in [3.05, 3.63) is 33.7 Å². The molecule has 114 valence electrons. The highest BCUT2D eigenvalue weighted by atomic mass is 32.1. The molecule has 0 saturated carbocycles. The molecule has 2 aromatic heterocycles. The van der Waals surface area contributed by atoms with Crippen molar-refractivity contribution in [1.29, 1.82) is 0 Å².